The van der Waals surface area contributed by atoms with Gasteiger partial charge in [0.2, 0.25) is 0 Å². The van der Waals surface area contributed by atoms with Crippen molar-refractivity contribution in [1.82, 2.24) is 0 Å². The van der Waals surface area contributed by atoms with E-state index in [0.717, 1.165) is 22.3 Å². The lowest BCUT2D eigenvalue weighted by Gasteiger charge is -2.30. The molecule has 0 unspecified atom stereocenters. The molecule has 48 heavy (non-hydrogen) atoms. The minimum Gasteiger partial charge on any atom is -0.170 e. The van der Waals surface area contributed by atoms with Gasteiger partial charge in [0.1, 0.15) is 5.41 Å². The molecule has 236 valence electrons. The van der Waals surface area contributed by atoms with E-state index in [1.807, 2.05) is 24.3 Å². The molecule has 0 fully saturated rings. The van der Waals surface area contributed by atoms with Gasteiger partial charge < -0.3 is 0 Å². The van der Waals surface area contributed by atoms with Crippen LogP contribution in [-0.2, 0) is 16.2 Å². The van der Waals surface area contributed by atoms with Crippen molar-refractivity contribution in [2.75, 3.05) is 0 Å². The summed E-state index contributed by atoms with van der Waals surface area (Å²) in [6.07, 6.45) is -4.49. The van der Waals surface area contributed by atoms with Gasteiger partial charge in [-0.1, -0.05) is 125 Å². The Morgan fingerprint density at radius 3 is 1.00 bits per heavy atom. The van der Waals surface area contributed by atoms with E-state index in [1.54, 1.807) is 12.1 Å². The van der Waals surface area contributed by atoms with Gasteiger partial charge >= 0.3 is 6.18 Å². The van der Waals surface area contributed by atoms with Crippen LogP contribution in [0.3, 0.4) is 0 Å². The summed E-state index contributed by atoms with van der Waals surface area (Å²) in [7, 11) is 0. The van der Waals surface area contributed by atoms with Crippen molar-refractivity contribution in [3.8, 4) is 55.6 Å². The lowest BCUT2D eigenvalue weighted by molar-refractivity contribution is -0.172. The molecule has 0 aromatic heterocycles. The molecule has 3 aliphatic rings. The van der Waals surface area contributed by atoms with Crippen LogP contribution in [0.25, 0.3) is 55.6 Å². The van der Waals surface area contributed by atoms with Crippen LogP contribution in [0.2, 0.25) is 0 Å². The Balaban J connectivity index is 1.15. The zero-order valence-corrected chi connectivity index (χ0v) is 27.7. The lowest BCUT2D eigenvalue weighted by Crippen LogP contribution is -2.38. The van der Waals surface area contributed by atoms with E-state index in [1.165, 1.54) is 51.4 Å². The minimum atomic E-state index is -4.49. The summed E-state index contributed by atoms with van der Waals surface area (Å²) in [5.41, 5.74) is 12.7. The fourth-order valence-electron chi connectivity index (χ4n) is 8.96. The highest BCUT2D eigenvalue weighted by atomic mass is 19.4. The summed E-state index contributed by atoms with van der Waals surface area (Å²) in [4.78, 5) is 0. The van der Waals surface area contributed by atoms with Crippen molar-refractivity contribution < 1.29 is 13.2 Å². The van der Waals surface area contributed by atoms with Crippen LogP contribution in [0.15, 0.2) is 121 Å². The van der Waals surface area contributed by atoms with Crippen molar-refractivity contribution in [1.29, 1.82) is 0 Å². The highest BCUT2D eigenvalue weighted by Crippen LogP contribution is 2.58. The topological polar surface area (TPSA) is 0 Å². The maximum absolute atomic E-state index is 15.4. The molecular formula is C45H35F3. The van der Waals surface area contributed by atoms with Crippen LogP contribution in [0, 0.1) is 0 Å². The van der Waals surface area contributed by atoms with E-state index >= 15 is 13.2 Å². The predicted molar refractivity (Wildman–Crippen MR) is 190 cm³/mol. The summed E-state index contributed by atoms with van der Waals surface area (Å²) < 4.78 is 46.3. The molecule has 6 aromatic rings. The third-order valence-electron chi connectivity index (χ3n) is 11.8. The van der Waals surface area contributed by atoms with Crippen molar-refractivity contribution in [2.45, 2.75) is 57.0 Å². The van der Waals surface area contributed by atoms with Gasteiger partial charge in [0, 0.05) is 10.8 Å². The minimum absolute atomic E-state index is 0.193. The van der Waals surface area contributed by atoms with Crippen molar-refractivity contribution in [3.05, 3.63) is 155 Å². The molecule has 0 saturated heterocycles. The number of fused-ring (bicyclic) bond motifs is 9. The molecule has 0 heterocycles. The first-order chi connectivity index (χ1) is 22.8. The largest absolute Gasteiger partial charge is 0.402 e. The van der Waals surface area contributed by atoms with E-state index < -0.39 is 11.6 Å². The molecule has 0 bridgehead atoms. The van der Waals surface area contributed by atoms with Crippen molar-refractivity contribution >= 4 is 0 Å². The fourth-order valence-corrected chi connectivity index (χ4v) is 8.96. The average Bonchev–Trinajstić information content (AvgIpc) is 3.58. The molecular weight excluding hydrogens is 597 g/mol. The molecule has 0 spiro atoms. The Bertz CT molecular complexity index is 2190. The molecule has 0 aliphatic heterocycles. The fraction of sp³-hybridized carbons (Fsp3) is 0.200. The molecule has 0 radical (unpaired) electrons. The van der Waals surface area contributed by atoms with Gasteiger partial charge in [-0.2, -0.15) is 13.2 Å². The van der Waals surface area contributed by atoms with Crippen molar-refractivity contribution in [3.63, 3.8) is 0 Å². The summed E-state index contributed by atoms with van der Waals surface area (Å²) >= 11 is 0. The zero-order valence-electron chi connectivity index (χ0n) is 27.7. The summed E-state index contributed by atoms with van der Waals surface area (Å²) in [6.45, 7) is 10.2. The van der Waals surface area contributed by atoms with E-state index in [-0.39, 0.29) is 10.8 Å². The standard InChI is InChI=1S/C45H35F3/c1-42(2)36-12-8-6-10-30(36)32-18-14-26(22-38(32)42)28-16-20-34-35-21-17-29(25-41(35)44(5,40(34)24-28)45(46,47)48)27-15-19-33-31-11-7-9-13-37(31)43(3,4)39(33)23-27/h6-25H,1-5H3. The molecule has 0 saturated carbocycles. The SMILES string of the molecule is CC1(C)c2ccccc2-c2ccc(-c3ccc4c(c3)C(C)(C(F)(F)F)c3cc(-c5ccc6c(c5)C(C)(C)c5ccccc5-6)ccc3-4)cc21. The Kier molecular flexibility index (Phi) is 5.72. The van der Waals surface area contributed by atoms with E-state index in [4.69, 9.17) is 0 Å². The molecule has 3 aliphatic carbocycles. The highest BCUT2D eigenvalue weighted by Gasteiger charge is 2.58. The molecule has 3 heteroatoms. The number of alkyl halides is 3. The van der Waals surface area contributed by atoms with Crippen LogP contribution >= 0.6 is 0 Å². The summed E-state index contributed by atoms with van der Waals surface area (Å²) in [5, 5.41) is 0. The maximum Gasteiger partial charge on any atom is 0.402 e. The average molecular weight is 633 g/mol. The van der Waals surface area contributed by atoms with Gasteiger partial charge in [0.05, 0.1) is 0 Å². The van der Waals surface area contributed by atoms with Crippen molar-refractivity contribution in [2.24, 2.45) is 0 Å². The van der Waals surface area contributed by atoms with Gasteiger partial charge in [-0.15, -0.1) is 0 Å². The Morgan fingerprint density at radius 1 is 0.354 bits per heavy atom. The third kappa shape index (κ3) is 3.68. The number of benzene rings is 6. The number of hydrogen-bond donors (Lipinski definition) is 0. The Labute approximate surface area is 279 Å². The van der Waals surface area contributed by atoms with Gasteiger partial charge in [-0.25, -0.2) is 0 Å². The van der Waals surface area contributed by atoms with Gasteiger partial charge in [-0.05, 0) is 120 Å². The van der Waals surface area contributed by atoms with Crippen LogP contribution < -0.4 is 0 Å². The van der Waals surface area contributed by atoms with Crippen LogP contribution in [0.5, 0.6) is 0 Å². The number of rotatable bonds is 2. The van der Waals surface area contributed by atoms with Crippen LogP contribution in [0.1, 0.15) is 68.0 Å². The van der Waals surface area contributed by atoms with Gasteiger partial charge in [0.25, 0.3) is 0 Å². The molecule has 9 rings (SSSR count). The van der Waals surface area contributed by atoms with E-state index in [0.29, 0.717) is 22.3 Å². The van der Waals surface area contributed by atoms with Gasteiger partial charge in [-0.3, -0.25) is 0 Å². The monoisotopic (exact) mass is 632 g/mol. The first kappa shape index (κ1) is 29.3. The van der Waals surface area contributed by atoms with E-state index in [2.05, 4.69) is 113 Å². The zero-order chi connectivity index (χ0) is 33.4. The molecule has 0 N–H and O–H groups in total. The molecule has 0 nitrogen and oxygen atoms in total. The summed E-state index contributed by atoms with van der Waals surface area (Å²) in [5.74, 6) is 0. The molecule has 0 amide bonds. The predicted octanol–water partition coefficient (Wildman–Crippen LogP) is 12.5. The number of halogens is 3. The van der Waals surface area contributed by atoms with Crippen LogP contribution in [-0.4, -0.2) is 6.18 Å². The quantitative estimate of drug-likeness (QED) is 0.178. The van der Waals surface area contributed by atoms with Crippen LogP contribution in [0.4, 0.5) is 13.2 Å². The highest BCUT2D eigenvalue weighted by molar-refractivity contribution is 5.89. The lowest BCUT2D eigenvalue weighted by atomic mass is 9.77. The molecule has 0 atom stereocenters. The Hall–Kier alpha value is -4.89. The smallest absolute Gasteiger partial charge is 0.170 e. The Morgan fingerprint density at radius 2 is 0.646 bits per heavy atom. The second-order valence-electron chi connectivity index (χ2n) is 15.0. The first-order valence-corrected chi connectivity index (χ1v) is 16.7. The third-order valence-corrected chi connectivity index (χ3v) is 11.8. The maximum atomic E-state index is 15.4. The van der Waals surface area contributed by atoms with Gasteiger partial charge in [0.15, 0.2) is 0 Å². The summed E-state index contributed by atoms with van der Waals surface area (Å²) in [6, 6.07) is 40.9. The first-order valence-electron chi connectivity index (χ1n) is 16.7. The van der Waals surface area contributed by atoms with E-state index in [9.17, 15) is 0 Å². The number of hydrogen-bond acceptors (Lipinski definition) is 0. The normalized spacial score (nSPS) is 16.8. The second-order valence-corrected chi connectivity index (χ2v) is 15.0. The molecule has 6 aromatic carbocycles. The second kappa shape index (κ2) is 9.38.